The summed E-state index contributed by atoms with van der Waals surface area (Å²) < 4.78 is 0. The van der Waals surface area contributed by atoms with Gasteiger partial charge < -0.3 is 5.73 Å². The third-order valence-electron chi connectivity index (χ3n) is 3.02. The predicted molar refractivity (Wildman–Crippen MR) is 76.0 cm³/mol. The van der Waals surface area contributed by atoms with Crippen LogP contribution in [0.5, 0.6) is 0 Å². The van der Waals surface area contributed by atoms with Crippen LogP contribution < -0.4 is 5.73 Å². The zero-order valence-electron chi connectivity index (χ0n) is 11.1. The molecule has 98 valence electrons. The van der Waals surface area contributed by atoms with Crippen molar-refractivity contribution < 1.29 is 4.79 Å². The Kier molecular flexibility index (Phi) is 4.42. The average molecular weight is 254 g/mol. The van der Waals surface area contributed by atoms with Crippen LogP contribution in [0.4, 0.5) is 0 Å². The number of hydrogen-bond acceptors (Lipinski definition) is 3. The molecule has 0 bridgehead atoms. The Balaban J connectivity index is 2.30. The largest absolute Gasteiger partial charge is 0.325 e. The molecule has 0 amide bonds. The average Bonchev–Trinajstić information content (AvgIpc) is 2.47. The van der Waals surface area contributed by atoms with E-state index in [4.69, 9.17) is 5.73 Å². The van der Waals surface area contributed by atoms with Crippen LogP contribution in [0.15, 0.2) is 42.6 Å². The van der Waals surface area contributed by atoms with Crippen LogP contribution in [-0.2, 0) is 13.0 Å². The number of aryl methyl sites for hydroxylation is 1. The molecule has 1 heterocycles. The van der Waals surface area contributed by atoms with Gasteiger partial charge in [0.2, 0.25) is 0 Å². The zero-order chi connectivity index (χ0) is 13.7. The lowest BCUT2D eigenvalue weighted by atomic mass is 10.00. The summed E-state index contributed by atoms with van der Waals surface area (Å²) in [4.78, 5) is 16.5. The minimum Gasteiger partial charge on any atom is -0.325 e. The molecule has 2 rings (SSSR count). The molecule has 0 fully saturated rings. The summed E-state index contributed by atoms with van der Waals surface area (Å²) in [5, 5.41) is 0. The third-order valence-corrected chi connectivity index (χ3v) is 3.02. The van der Waals surface area contributed by atoms with Crippen LogP contribution in [-0.4, -0.2) is 10.8 Å². The lowest BCUT2D eigenvalue weighted by Gasteiger charge is -2.05. The lowest BCUT2D eigenvalue weighted by Crippen LogP contribution is -2.06. The van der Waals surface area contributed by atoms with Crippen molar-refractivity contribution in [2.45, 2.75) is 26.3 Å². The van der Waals surface area contributed by atoms with E-state index in [1.807, 2.05) is 18.2 Å². The molecule has 0 saturated heterocycles. The number of ketones is 1. The van der Waals surface area contributed by atoms with Gasteiger partial charge in [-0.2, -0.15) is 0 Å². The van der Waals surface area contributed by atoms with Gasteiger partial charge in [0.05, 0.1) is 5.69 Å². The molecular weight excluding hydrogens is 236 g/mol. The van der Waals surface area contributed by atoms with Crippen molar-refractivity contribution in [2.75, 3.05) is 0 Å². The molecule has 0 aliphatic heterocycles. The Morgan fingerprint density at radius 3 is 2.74 bits per heavy atom. The molecule has 19 heavy (non-hydrogen) atoms. The maximum atomic E-state index is 12.4. The molecule has 0 aliphatic carbocycles. The molecule has 2 aromatic rings. The summed E-state index contributed by atoms with van der Waals surface area (Å²) >= 11 is 0. The normalized spacial score (nSPS) is 10.4. The van der Waals surface area contributed by atoms with Gasteiger partial charge in [-0.1, -0.05) is 31.5 Å². The molecule has 0 atom stereocenters. The molecule has 2 N–H and O–H groups in total. The number of carbonyl (C=O) groups excluding carboxylic acids is 1. The number of hydrogen-bond donors (Lipinski definition) is 1. The summed E-state index contributed by atoms with van der Waals surface area (Å²) in [6, 6.07) is 11.3. The van der Waals surface area contributed by atoms with E-state index in [9.17, 15) is 4.79 Å². The summed E-state index contributed by atoms with van der Waals surface area (Å²) in [5.74, 6) is 0.0232. The Labute approximate surface area is 113 Å². The van der Waals surface area contributed by atoms with Gasteiger partial charge in [-0.25, -0.2) is 0 Å². The summed E-state index contributed by atoms with van der Waals surface area (Å²) in [6.07, 6.45) is 3.70. The minimum absolute atomic E-state index is 0.0232. The van der Waals surface area contributed by atoms with Crippen molar-refractivity contribution in [3.63, 3.8) is 0 Å². The Hall–Kier alpha value is -2.00. The molecule has 3 nitrogen and oxygen atoms in total. The molecule has 1 aromatic heterocycles. The highest BCUT2D eigenvalue weighted by Gasteiger charge is 2.10. The fraction of sp³-hybridized carbons (Fsp3) is 0.250. The van der Waals surface area contributed by atoms with Crippen molar-refractivity contribution in [1.29, 1.82) is 0 Å². The number of benzene rings is 1. The van der Waals surface area contributed by atoms with E-state index < -0.39 is 0 Å². The van der Waals surface area contributed by atoms with E-state index in [0.29, 0.717) is 12.1 Å². The van der Waals surface area contributed by atoms with Crippen LogP contribution in [0, 0.1) is 0 Å². The number of pyridine rings is 1. The second-order valence-corrected chi connectivity index (χ2v) is 4.52. The summed E-state index contributed by atoms with van der Waals surface area (Å²) in [5.41, 5.74) is 8.84. The molecule has 3 heteroatoms. The smallest absolute Gasteiger partial charge is 0.193 e. The van der Waals surface area contributed by atoms with Gasteiger partial charge in [-0.05, 0) is 30.2 Å². The Morgan fingerprint density at radius 1 is 1.21 bits per heavy atom. The second-order valence-electron chi connectivity index (χ2n) is 4.52. The molecule has 0 radical (unpaired) electrons. The van der Waals surface area contributed by atoms with Gasteiger partial charge in [0, 0.05) is 23.9 Å². The highest BCUT2D eigenvalue weighted by molar-refractivity contribution is 6.09. The monoisotopic (exact) mass is 254 g/mol. The van der Waals surface area contributed by atoms with Crippen LogP contribution in [0.3, 0.4) is 0 Å². The molecule has 1 aromatic carbocycles. The van der Waals surface area contributed by atoms with Crippen LogP contribution in [0.1, 0.15) is 40.5 Å². The van der Waals surface area contributed by atoms with Crippen molar-refractivity contribution in [1.82, 2.24) is 4.98 Å². The fourth-order valence-corrected chi connectivity index (χ4v) is 2.05. The van der Waals surface area contributed by atoms with Crippen molar-refractivity contribution >= 4 is 5.78 Å². The second kappa shape index (κ2) is 6.25. The first kappa shape index (κ1) is 13.4. The maximum absolute atomic E-state index is 12.4. The first-order chi connectivity index (χ1) is 9.24. The highest BCUT2D eigenvalue weighted by atomic mass is 16.1. The van der Waals surface area contributed by atoms with Gasteiger partial charge in [0.15, 0.2) is 5.78 Å². The van der Waals surface area contributed by atoms with E-state index in [2.05, 4.69) is 18.0 Å². The van der Waals surface area contributed by atoms with Gasteiger partial charge >= 0.3 is 0 Å². The van der Waals surface area contributed by atoms with Crippen molar-refractivity contribution in [3.8, 4) is 0 Å². The number of rotatable bonds is 5. The predicted octanol–water partition coefficient (Wildman–Crippen LogP) is 2.72. The minimum atomic E-state index is 0.0232. The van der Waals surface area contributed by atoms with E-state index >= 15 is 0 Å². The van der Waals surface area contributed by atoms with E-state index in [1.165, 1.54) is 5.56 Å². The molecule has 0 saturated carbocycles. The summed E-state index contributed by atoms with van der Waals surface area (Å²) in [6.45, 7) is 2.47. The third kappa shape index (κ3) is 3.26. The first-order valence-corrected chi connectivity index (χ1v) is 6.53. The lowest BCUT2D eigenvalue weighted by molar-refractivity contribution is 0.103. The number of nitrogens with two attached hydrogens (primary N) is 1. The van der Waals surface area contributed by atoms with Crippen molar-refractivity contribution in [2.24, 2.45) is 5.73 Å². The topological polar surface area (TPSA) is 56.0 Å². The van der Waals surface area contributed by atoms with E-state index in [1.54, 1.807) is 18.3 Å². The number of carbonyl (C=O) groups is 1. The van der Waals surface area contributed by atoms with Gasteiger partial charge in [0.1, 0.15) is 0 Å². The van der Waals surface area contributed by atoms with Crippen LogP contribution in [0.2, 0.25) is 0 Å². The van der Waals surface area contributed by atoms with Gasteiger partial charge in [-0.15, -0.1) is 0 Å². The highest BCUT2D eigenvalue weighted by Crippen LogP contribution is 2.13. The van der Waals surface area contributed by atoms with E-state index in [0.717, 1.165) is 24.1 Å². The van der Waals surface area contributed by atoms with Crippen LogP contribution in [0.25, 0.3) is 0 Å². The molecular formula is C16H18N2O. The first-order valence-electron chi connectivity index (χ1n) is 6.53. The quantitative estimate of drug-likeness (QED) is 0.835. The number of aromatic nitrogens is 1. The fourth-order valence-electron chi connectivity index (χ4n) is 2.05. The standard InChI is InChI=1S/C16H18N2O/c1-2-4-12-5-3-6-13(9-12)16(19)14-7-8-18-15(10-14)11-17/h3,5-10H,2,4,11,17H2,1H3. The Bertz CT molecular complexity index is 578. The Morgan fingerprint density at radius 2 is 2.00 bits per heavy atom. The van der Waals surface area contributed by atoms with Gasteiger partial charge in [-0.3, -0.25) is 9.78 Å². The summed E-state index contributed by atoms with van der Waals surface area (Å²) in [7, 11) is 0. The number of nitrogens with zero attached hydrogens (tertiary/aromatic N) is 1. The molecule has 0 spiro atoms. The van der Waals surface area contributed by atoms with E-state index in [-0.39, 0.29) is 5.78 Å². The van der Waals surface area contributed by atoms with Gasteiger partial charge in [0.25, 0.3) is 0 Å². The molecule has 0 unspecified atom stereocenters. The SMILES string of the molecule is CCCc1cccc(C(=O)c2ccnc(CN)c2)c1. The maximum Gasteiger partial charge on any atom is 0.193 e. The van der Waals surface area contributed by atoms with Crippen molar-refractivity contribution in [3.05, 3.63) is 65.0 Å². The zero-order valence-corrected chi connectivity index (χ0v) is 11.1. The van der Waals surface area contributed by atoms with Crippen LogP contribution >= 0.6 is 0 Å². The molecule has 0 aliphatic rings.